The van der Waals surface area contributed by atoms with Crippen LogP contribution in [0.5, 0.6) is 11.5 Å². The summed E-state index contributed by atoms with van der Waals surface area (Å²) in [6.07, 6.45) is 3.76. The highest BCUT2D eigenvalue weighted by Gasteiger charge is 2.12. The highest BCUT2D eigenvalue weighted by molar-refractivity contribution is 5.99. The second-order valence-corrected chi connectivity index (χ2v) is 5.36. The molecule has 2 aromatic rings. The molecule has 0 fully saturated rings. The van der Waals surface area contributed by atoms with Crippen molar-refractivity contribution in [1.82, 2.24) is 10.9 Å². The van der Waals surface area contributed by atoms with E-state index in [0.29, 0.717) is 23.7 Å². The van der Waals surface area contributed by atoms with Gasteiger partial charge in [-0.05, 0) is 30.7 Å². The molecule has 2 aromatic carbocycles. The van der Waals surface area contributed by atoms with Crippen molar-refractivity contribution in [1.29, 1.82) is 0 Å². The molecule has 0 aliphatic heterocycles. The lowest BCUT2D eigenvalue weighted by Crippen LogP contribution is -2.40. The van der Waals surface area contributed by atoms with Gasteiger partial charge in [0, 0.05) is 11.6 Å². The summed E-state index contributed by atoms with van der Waals surface area (Å²) in [5, 5.41) is 0. The van der Waals surface area contributed by atoms with Gasteiger partial charge in [0.05, 0.1) is 19.3 Å². The summed E-state index contributed by atoms with van der Waals surface area (Å²) in [5.74, 6) is 0.222. The lowest BCUT2D eigenvalue weighted by atomic mass is 10.2. The number of hydrogen-bond donors (Lipinski definition) is 2. The van der Waals surface area contributed by atoms with E-state index in [9.17, 15) is 9.59 Å². The van der Waals surface area contributed by atoms with E-state index in [4.69, 9.17) is 9.47 Å². The largest absolute Gasteiger partial charge is 0.496 e. The zero-order valence-corrected chi connectivity index (χ0v) is 14.8. The van der Waals surface area contributed by atoms with Crippen molar-refractivity contribution in [3.05, 3.63) is 65.7 Å². The third kappa shape index (κ3) is 5.37. The van der Waals surface area contributed by atoms with Crippen molar-refractivity contribution in [3.8, 4) is 11.5 Å². The van der Waals surface area contributed by atoms with Gasteiger partial charge in [-0.2, -0.15) is 0 Å². The van der Waals surface area contributed by atoms with Crippen LogP contribution in [-0.4, -0.2) is 25.5 Å². The van der Waals surface area contributed by atoms with E-state index in [1.165, 1.54) is 6.08 Å². The smallest absolute Gasteiger partial charge is 0.273 e. The Morgan fingerprint density at radius 1 is 1.00 bits per heavy atom. The van der Waals surface area contributed by atoms with E-state index in [2.05, 4.69) is 10.9 Å². The van der Waals surface area contributed by atoms with Gasteiger partial charge in [0.2, 0.25) is 0 Å². The van der Waals surface area contributed by atoms with Crippen molar-refractivity contribution in [3.63, 3.8) is 0 Å². The molecule has 0 spiro atoms. The fraction of sp³-hybridized carbons (Fsp3) is 0.200. The number of methoxy groups -OCH3 is 1. The first-order valence-corrected chi connectivity index (χ1v) is 8.29. The van der Waals surface area contributed by atoms with E-state index < -0.39 is 11.8 Å². The summed E-state index contributed by atoms with van der Waals surface area (Å²) in [6, 6.07) is 14.2. The molecule has 2 amide bonds. The quantitative estimate of drug-likeness (QED) is 0.592. The van der Waals surface area contributed by atoms with E-state index in [0.717, 1.165) is 12.0 Å². The highest BCUT2D eigenvalue weighted by Crippen LogP contribution is 2.19. The minimum atomic E-state index is -0.462. The van der Waals surface area contributed by atoms with Crippen LogP contribution < -0.4 is 20.3 Å². The van der Waals surface area contributed by atoms with Gasteiger partial charge >= 0.3 is 0 Å². The molecule has 0 heterocycles. The molecule has 6 nitrogen and oxygen atoms in total. The molecule has 0 unspecified atom stereocenters. The van der Waals surface area contributed by atoms with Gasteiger partial charge in [-0.1, -0.05) is 37.3 Å². The van der Waals surface area contributed by atoms with Crippen LogP contribution in [0.25, 0.3) is 6.08 Å². The minimum Gasteiger partial charge on any atom is -0.496 e. The highest BCUT2D eigenvalue weighted by atomic mass is 16.5. The number of carbonyl (C=O) groups is 2. The predicted octanol–water partition coefficient (Wildman–Crippen LogP) is 2.96. The summed E-state index contributed by atoms with van der Waals surface area (Å²) >= 11 is 0. The van der Waals surface area contributed by atoms with Crippen LogP contribution in [0.2, 0.25) is 0 Å². The van der Waals surface area contributed by atoms with Crippen molar-refractivity contribution >= 4 is 17.9 Å². The average molecular weight is 354 g/mol. The Morgan fingerprint density at radius 2 is 1.69 bits per heavy atom. The monoisotopic (exact) mass is 354 g/mol. The maximum Gasteiger partial charge on any atom is 0.273 e. The molecular formula is C20H22N2O4. The Labute approximate surface area is 152 Å². The SMILES string of the molecule is CCCOc1ccccc1C(=O)NNC(=O)C=Cc1ccccc1OC. The van der Waals surface area contributed by atoms with Crippen LogP contribution in [0.15, 0.2) is 54.6 Å². The summed E-state index contributed by atoms with van der Waals surface area (Å²) in [5.41, 5.74) is 5.85. The Kier molecular flexibility index (Phi) is 7.24. The minimum absolute atomic E-state index is 0.356. The molecule has 0 saturated carbocycles. The van der Waals surface area contributed by atoms with Gasteiger partial charge in [-0.25, -0.2) is 0 Å². The van der Waals surface area contributed by atoms with Crippen molar-refractivity contribution in [2.75, 3.05) is 13.7 Å². The first-order chi connectivity index (χ1) is 12.7. The first kappa shape index (κ1) is 19.1. The average Bonchev–Trinajstić information content (AvgIpc) is 2.69. The molecule has 0 bridgehead atoms. The number of amides is 2. The van der Waals surface area contributed by atoms with Gasteiger partial charge in [0.15, 0.2) is 0 Å². The van der Waals surface area contributed by atoms with Gasteiger partial charge < -0.3 is 9.47 Å². The number of benzene rings is 2. The van der Waals surface area contributed by atoms with Crippen molar-refractivity contribution < 1.29 is 19.1 Å². The zero-order chi connectivity index (χ0) is 18.8. The molecule has 2 N–H and O–H groups in total. The fourth-order valence-corrected chi connectivity index (χ4v) is 2.19. The molecule has 26 heavy (non-hydrogen) atoms. The maximum absolute atomic E-state index is 12.3. The number of hydrogen-bond acceptors (Lipinski definition) is 4. The Morgan fingerprint density at radius 3 is 2.42 bits per heavy atom. The van der Waals surface area contributed by atoms with E-state index in [-0.39, 0.29) is 0 Å². The van der Waals surface area contributed by atoms with Gasteiger partial charge in [0.1, 0.15) is 11.5 Å². The Hall–Kier alpha value is -3.28. The number of carbonyl (C=O) groups excluding carboxylic acids is 2. The topological polar surface area (TPSA) is 76.7 Å². The fourth-order valence-electron chi connectivity index (χ4n) is 2.19. The number of ether oxygens (including phenoxy) is 2. The Bertz CT molecular complexity index is 787. The predicted molar refractivity (Wildman–Crippen MR) is 99.9 cm³/mol. The number of para-hydroxylation sites is 2. The number of rotatable bonds is 7. The van der Waals surface area contributed by atoms with E-state index >= 15 is 0 Å². The van der Waals surface area contributed by atoms with Crippen LogP contribution >= 0.6 is 0 Å². The lowest BCUT2D eigenvalue weighted by molar-refractivity contribution is -0.117. The molecule has 0 aliphatic carbocycles. The van der Waals surface area contributed by atoms with Gasteiger partial charge in [-0.15, -0.1) is 0 Å². The molecule has 2 rings (SSSR count). The Balaban J connectivity index is 1.95. The summed E-state index contributed by atoms with van der Waals surface area (Å²) < 4.78 is 10.8. The van der Waals surface area contributed by atoms with Crippen LogP contribution in [-0.2, 0) is 4.79 Å². The molecule has 6 heteroatoms. The number of hydrazine groups is 1. The number of nitrogens with one attached hydrogen (secondary N) is 2. The van der Waals surface area contributed by atoms with Crippen LogP contribution in [0.3, 0.4) is 0 Å². The molecule has 0 aromatic heterocycles. The second-order valence-electron chi connectivity index (χ2n) is 5.36. The van der Waals surface area contributed by atoms with Gasteiger partial charge in [0.25, 0.3) is 11.8 Å². The molecule has 0 radical (unpaired) electrons. The van der Waals surface area contributed by atoms with Crippen molar-refractivity contribution in [2.45, 2.75) is 13.3 Å². The molecule has 0 saturated heterocycles. The maximum atomic E-state index is 12.3. The van der Waals surface area contributed by atoms with Gasteiger partial charge in [-0.3, -0.25) is 20.4 Å². The third-order valence-corrected chi connectivity index (χ3v) is 3.45. The van der Waals surface area contributed by atoms with Crippen LogP contribution in [0, 0.1) is 0 Å². The van der Waals surface area contributed by atoms with E-state index in [1.54, 1.807) is 43.5 Å². The van der Waals surface area contributed by atoms with Crippen LogP contribution in [0.1, 0.15) is 29.3 Å². The summed E-state index contributed by atoms with van der Waals surface area (Å²) in [6.45, 7) is 2.50. The standard InChI is InChI=1S/C20H22N2O4/c1-3-14-26-18-11-7-5-9-16(18)20(24)22-21-19(23)13-12-15-8-4-6-10-17(15)25-2/h4-13H,3,14H2,1-2H3,(H,21,23)(H,22,24). The molecule has 0 atom stereocenters. The first-order valence-electron chi connectivity index (χ1n) is 8.29. The lowest BCUT2D eigenvalue weighted by Gasteiger charge is -2.11. The molecular weight excluding hydrogens is 332 g/mol. The van der Waals surface area contributed by atoms with Crippen LogP contribution in [0.4, 0.5) is 0 Å². The van der Waals surface area contributed by atoms with E-state index in [1.807, 2.05) is 25.1 Å². The second kappa shape index (κ2) is 9.88. The molecule has 0 aliphatic rings. The summed E-state index contributed by atoms with van der Waals surface area (Å²) in [7, 11) is 1.56. The summed E-state index contributed by atoms with van der Waals surface area (Å²) in [4.78, 5) is 24.2. The van der Waals surface area contributed by atoms with Crippen molar-refractivity contribution in [2.24, 2.45) is 0 Å². The third-order valence-electron chi connectivity index (χ3n) is 3.45. The zero-order valence-electron chi connectivity index (χ0n) is 14.8. The normalized spacial score (nSPS) is 10.4. The molecule has 136 valence electrons.